The second-order valence-electron chi connectivity index (χ2n) is 3.57. The van der Waals surface area contributed by atoms with Crippen molar-refractivity contribution in [2.24, 2.45) is 0 Å². The molecule has 17 heavy (non-hydrogen) atoms. The molecule has 3 heteroatoms. The van der Waals surface area contributed by atoms with Crippen molar-refractivity contribution in [3.05, 3.63) is 42.0 Å². The van der Waals surface area contributed by atoms with Gasteiger partial charge in [-0.15, -0.1) is 0 Å². The molecule has 1 aromatic rings. The molecule has 0 aliphatic rings. The molecule has 0 saturated carbocycles. The van der Waals surface area contributed by atoms with Gasteiger partial charge in [-0.05, 0) is 12.5 Å². The van der Waals surface area contributed by atoms with Crippen LogP contribution >= 0.6 is 0 Å². The molecule has 0 spiro atoms. The smallest absolute Gasteiger partial charge is 0.307 e. The molecule has 92 valence electrons. The van der Waals surface area contributed by atoms with Crippen molar-refractivity contribution in [3.8, 4) is 0 Å². The van der Waals surface area contributed by atoms with E-state index in [2.05, 4.69) is 23.5 Å². The number of carbonyl (C=O) groups excluding carboxylic acids is 1. The predicted molar refractivity (Wildman–Crippen MR) is 69.6 cm³/mol. The highest BCUT2D eigenvalue weighted by Crippen LogP contribution is 1.99. The lowest BCUT2D eigenvalue weighted by Crippen LogP contribution is -2.19. The Labute approximate surface area is 102 Å². The van der Waals surface area contributed by atoms with Gasteiger partial charge in [0, 0.05) is 13.1 Å². The van der Waals surface area contributed by atoms with Gasteiger partial charge in [0.2, 0.25) is 0 Å². The van der Waals surface area contributed by atoms with E-state index >= 15 is 0 Å². The molecule has 0 aromatic heterocycles. The molecule has 3 nitrogen and oxygen atoms in total. The van der Waals surface area contributed by atoms with E-state index in [0.717, 1.165) is 6.54 Å². The van der Waals surface area contributed by atoms with Crippen LogP contribution in [0.3, 0.4) is 0 Å². The second-order valence-corrected chi connectivity index (χ2v) is 3.57. The number of ether oxygens (including phenoxy) is 1. The number of benzene rings is 1. The standard InChI is InChI=1S/C14H19NO2/c1-2-17-14(16)10-12-15-11-6-9-13-7-4-3-5-8-13/h3-9,15H,2,10-12H2,1H3. The van der Waals surface area contributed by atoms with E-state index in [0.29, 0.717) is 19.6 Å². The highest BCUT2D eigenvalue weighted by molar-refractivity contribution is 5.69. The van der Waals surface area contributed by atoms with E-state index in [1.807, 2.05) is 31.2 Å². The molecule has 0 unspecified atom stereocenters. The van der Waals surface area contributed by atoms with Gasteiger partial charge in [-0.2, -0.15) is 0 Å². The number of rotatable bonds is 7. The Hall–Kier alpha value is -1.61. The van der Waals surface area contributed by atoms with Crippen LogP contribution in [0.1, 0.15) is 18.9 Å². The summed E-state index contributed by atoms with van der Waals surface area (Å²) in [5, 5.41) is 3.16. The van der Waals surface area contributed by atoms with Crippen molar-refractivity contribution in [2.75, 3.05) is 19.7 Å². The molecule has 1 N–H and O–H groups in total. The van der Waals surface area contributed by atoms with E-state index in [1.165, 1.54) is 5.56 Å². The van der Waals surface area contributed by atoms with Crippen LogP contribution in [0.15, 0.2) is 36.4 Å². The van der Waals surface area contributed by atoms with Crippen LogP contribution in [0.2, 0.25) is 0 Å². The average molecular weight is 233 g/mol. The Kier molecular flexibility index (Phi) is 6.75. The summed E-state index contributed by atoms with van der Waals surface area (Å²) in [7, 11) is 0. The van der Waals surface area contributed by atoms with Gasteiger partial charge in [-0.3, -0.25) is 4.79 Å². The van der Waals surface area contributed by atoms with Gasteiger partial charge in [-0.25, -0.2) is 0 Å². The van der Waals surface area contributed by atoms with Crippen LogP contribution in [0.4, 0.5) is 0 Å². The molecule has 0 heterocycles. The van der Waals surface area contributed by atoms with Crippen LogP contribution in [0, 0.1) is 0 Å². The quantitative estimate of drug-likeness (QED) is 0.580. The Morgan fingerprint density at radius 1 is 1.35 bits per heavy atom. The summed E-state index contributed by atoms with van der Waals surface area (Å²) in [4.78, 5) is 11.0. The minimum Gasteiger partial charge on any atom is -0.466 e. The fourth-order valence-electron chi connectivity index (χ4n) is 1.37. The molecule has 0 radical (unpaired) electrons. The first kappa shape index (κ1) is 13.5. The first-order valence-corrected chi connectivity index (χ1v) is 5.91. The third-order valence-corrected chi connectivity index (χ3v) is 2.18. The number of carbonyl (C=O) groups is 1. The van der Waals surface area contributed by atoms with Gasteiger partial charge in [0.25, 0.3) is 0 Å². The molecule has 1 aromatic carbocycles. The molecular weight excluding hydrogens is 214 g/mol. The van der Waals surface area contributed by atoms with Gasteiger partial charge in [-0.1, -0.05) is 42.5 Å². The third kappa shape index (κ3) is 6.53. The molecule has 0 atom stereocenters. The van der Waals surface area contributed by atoms with Gasteiger partial charge in [0.1, 0.15) is 0 Å². The van der Waals surface area contributed by atoms with Gasteiger partial charge >= 0.3 is 5.97 Å². The molecule has 0 saturated heterocycles. The van der Waals surface area contributed by atoms with Crippen LogP contribution in [0.5, 0.6) is 0 Å². The van der Waals surface area contributed by atoms with E-state index < -0.39 is 0 Å². The zero-order chi connectivity index (χ0) is 12.3. The topological polar surface area (TPSA) is 38.3 Å². The maximum atomic E-state index is 11.0. The summed E-state index contributed by atoms with van der Waals surface area (Å²) < 4.78 is 4.82. The third-order valence-electron chi connectivity index (χ3n) is 2.18. The highest BCUT2D eigenvalue weighted by Gasteiger charge is 1.98. The molecule has 0 amide bonds. The molecule has 0 aliphatic heterocycles. The summed E-state index contributed by atoms with van der Waals surface area (Å²) in [6.07, 6.45) is 4.52. The summed E-state index contributed by atoms with van der Waals surface area (Å²) in [5.41, 5.74) is 1.18. The molecule has 0 bridgehead atoms. The van der Waals surface area contributed by atoms with E-state index in [-0.39, 0.29) is 5.97 Å². The zero-order valence-corrected chi connectivity index (χ0v) is 10.2. The molecule has 0 aliphatic carbocycles. The van der Waals surface area contributed by atoms with Crippen molar-refractivity contribution in [2.45, 2.75) is 13.3 Å². The van der Waals surface area contributed by atoms with Crippen molar-refractivity contribution >= 4 is 12.0 Å². The van der Waals surface area contributed by atoms with E-state index in [4.69, 9.17) is 4.74 Å². The normalized spacial score (nSPS) is 10.6. The van der Waals surface area contributed by atoms with Gasteiger partial charge in [0.15, 0.2) is 0 Å². The minimum atomic E-state index is -0.146. The Morgan fingerprint density at radius 2 is 2.12 bits per heavy atom. The summed E-state index contributed by atoms with van der Waals surface area (Å²) in [5.74, 6) is -0.146. The van der Waals surface area contributed by atoms with E-state index in [1.54, 1.807) is 0 Å². The van der Waals surface area contributed by atoms with Crippen LogP contribution in [-0.4, -0.2) is 25.7 Å². The molecular formula is C14H19NO2. The molecule has 0 fully saturated rings. The van der Waals surface area contributed by atoms with Gasteiger partial charge < -0.3 is 10.1 Å². The minimum absolute atomic E-state index is 0.146. The maximum Gasteiger partial charge on any atom is 0.307 e. The lowest BCUT2D eigenvalue weighted by molar-refractivity contribution is -0.142. The maximum absolute atomic E-state index is 11.0. The largest absolute Gasteiger partial charge is 0.466 e. The first-order valence-electron chi connectivity index (χ1n) is 5.91. The average Bonchev–Trinajstić information content (AvgIpc) is 2.35. The summed E-state index contributed by atoms with van der Waals surface area (Å²) in [6, 6.07) is 10.1. The Bertz CT molecular complexity index is 346. The van der Waals surface area contributed by atoms with Crippen molar-refractivity contribution in [1.29, 1.82) is 0 Å². The number of esters is 1. The zero-order valence-electron chi connectivity index (χ0n) is 10.2. The van der Waals surface area contributed by atoms with Crippen molar-refractivity contribution in [1.82, 2.24) is 5.32 Å². The van der Waals surface area contributed by atoms with Gasteiger partial charge in [0.05, 0.1) is 13.0 Å². The van der Waals surface area contributed by atoms with Crippen LogP contribution in [0.25, 0.3) is 6.08 Å². The predicted octanol–water partition coefficient (Wildman–Crippen LogP) is 2.24. The Morgan fingerprint density at radius 3 is 2.82 bits per heavy atom. The SMILES string of the molecule is CCOC(=O)CCNCC=Cc1ccccc1. The molecule has 1 rings (SSSR count). The number of hydrogen-bond acceptors (Lipinski definition) is 3. The Balaban J connectivity index is 2.08. The highest BCUT2D eigenvalue weighted by atomic mass is 16.5. The summed E-state index contributed by atoms with van der Waals surface area (Å²) >= 11 is 0. The first-order chi connectivity index (χ1) is 8.33. The lowest BCUT2D eigenvalue weighted by atomic mass is 10.2. The van der Waals surface area contributed by atoms with Crippen molar-refractivity contribution in [3.63, 3.8) is 0 Å². The number of hydrogen-bond donors (Lipinski definition) is 1. The van der Waals surface area contributed by atoms with E-state index in [9.17, 15) is 4.79 Å². The van der Waals surface area contributed by atoms with Crippen LogP contribution in [-0.2, 0) is 9.53 Å². The van der Waals surface area contributed by atoms with Crippen molar-refractivity contribution < 1.29 is 9.53 Å². The lowest BCUT2D eigenvalue weighted by Gasteiger charge is -2.01. The number of nitrogens with one attached hydrogen (secondary N) is 1. The second kappa shape index (κ2) is 8.53. The summed E-state index contributed by atoms with van der Waals surface area (Å²) in [6.45, 7) is 3.67. The van der Waals surface area contributed by atoms with Crippen LogP contribution < -0.4 is 5.32 Å². The monoisotopic (exact) mass is 233 g/mol. The fraction of sp³-hybridized carbons (Fsp3) is 0.357. The fourth-order valence-corrected chi connectivity index (χ4v) is 1.37.